The third-order valence-electron chi connectivity index (χ3n) is 4.27. The SMILES string of the molecule is CC(=O)c1cccc(S(=O)(=O)N2CCN(Cc3cc(C)no3)CC2)c1. The minimum absolute atomic E-state index is 0.149. The molecule has 1 saturated heterocycles. The van der Waals surface area contributed by atoms with Crippen LogP contribution >= 0.6 is 0 Å². The van der Waals surface area contributed by atoms with Gasteiger partial charge in [0.05, 0.1) is 17.1 Å². The molecule has 2 heterocycles. The normalized spacial score (nSPS) is 16.9. The summed E-state index contributed by atoms with van der Waals surface area (Å²) >= 11 is 0. The molecule has 0 atom stereocenters. The lowest BCUT2D eigenvalue weighted by Crippen LogP contribution is -2.48. The molecule has 1 aliphatic heterocycles. The number of rotatable bonds is 5. The number of aromatic nitrogens is 1. The number of benzene rings is 1. The van der Waals surface area contributed by atoms with Crippen molar-refractivity contribution in [2.45, 2.75) is 25.3 Å². The summed E-state index contributed by atoms with van der Waals surface area (Å²) in [4.78, 5) is 13.8. The number of nitrogens with zero attached hydrogens (tertiary/aromatic N) is 3. The van der Waals surface area contributed by atoms with Crippen LogP contribution in [0.2, 0.25) is 0 Å². The quantitative estimate of drug-likeness (QED) is 0.752. The number of sulfonamides is 1. The summed E-state index contributed by atoms with van der Waals surface area (Å²) in [6.45, 7) is 5.95. The fourth-order valence-corrected chi connectivity index (χ4v) is 4.33. The molecule has 7 nitrogen and oxygen atoms in total. The van der Waals surface area contributed by atoms with Crippen LogP contribution in [-0.4, -0.2) is 54.7 Å². The molecule has 1 aliphatic rings. The average molecular weight is 363 g/mol. The van der Waals surface area contributed by atoms with Crippen LogP contribution in [0.3, 0.4) is 0 Å². The first-order valence-electron chi connectivity index (χ1n) is 8.12. The Hall–Kier alpha value is -2.03. The van der Waals surface area contributed by atoms with E-state index in [1.54, 1.807) is 12.1 Å². The number of hydrogen-bond donors (Lipinski definition) is 0. The lowest BCUT2D eigenvalue weighted by molar-refractivity contribution is 0.101. The van der Waals surface area contributed by atoms with Gasteiger partial charge in [-0.25, -0.2) is 8.42 Å². The van der Waals surface area contributed by atoms with Crippen LogP contribution in [-0.2, 0) is 16.6 Å². The van der Waals surface area contributed by atoms with E-state index >= 15 is 0 Å². The maximum Gasteiger partial charge on any atom is 0.243 e. The lowest BCUT2D eigenvalue weighted by Gasteiger charge is -2.33. The minimum Gasteiger partial charge on any atom is -0.360 e. The van der Waals surface area contributed by atoms with Crippen LogP contribution in [0, 0.1) is 6.92 Å². The van der Waals surface area contributed by atoms with Crippen molar-refractivity contribution in [1.82, 2.24) is 14.4 Å². The second-order valence-electron chi connectivity index (χ2n) is 6.20. The largest absolute Gasteiger partial charge is 0.360 e. The number of ketones is 1. The van der Waals surface area contributed by atoms with Gasteiger partial charge in [-0.15, -0.1) is 0 Å². The van der Waals surface area contributed by atoms with Crippen molar-refractivity contribution in [1.29, 1.82) is 0 Å². The minimum atomic E-state index is -3.59. The van der Waals surface area contributed by atoms with Crippen LogP contribution in [0.5, 0.6) is 0 Å². The fourth-order valence-electron chi connectivity index (χ4n) is 2.86. The Morgan fingerprint density at radius 2 is 1.92 bits per heavy atom. The smallest absolute Gasteiger partial charge is 0.243 e. The van der Waals surface area contributed by atoms with Gasteiger partial charge in [0.1, 0.15) is 0 Å². The monoisotopic (exact) mass is 363 g/mol. The number of Topliss-reactive ketones (excluding diaryl/α,β-unsaturated/α-hetero) is 1. The molecular weight excluding hydrogens is 342 g/mol. The molecule has 1 fully saturated rings. The van der Waals surface area contributed by atoms with Crippen molar-refractivity contribution < 1.29 is 17.7 Å². The number of aryl methyl sites for hydroxylation is 1. The van der Waals surface area contributed by atoms with Gasteiger partial charge in [0.25, 0.3) is 0 Å². The molecule has 134 valence electrons. The Labute approximate surface area is 147 Å². The summed E-state index contributed by atoms with van der Waals surface area (Å²) in [5, 5.41) is 3.86. The van der Waals surface area contributed by atoms with E-state index in [1.807, 2.05) is 13.0 Å². The molecular formula is C17H21N3O4S. The molecule has 25 heavy (non-hydrogen) atoms. The average Bonchev–Trinajstić information content (AvgIpc) is 3.00. The highest BCUT2D eigenvalue weighted by Crippen LogP contribution is 2.20. The summed E-state index contributed by atoms with van der Waals surface area (Å²) in [5.41, 5.74) is 1.24. The van der Waals surface area contributed by atoms with Gasteiger partial charge < -0.3 is 4.52 Å². The topological polar surface area (TPSA) is 83.7 Å². The Morgan fingerprint density at radius 3 is 2.52 bits per heavy atom. The molecule has 0 spiro atoms. The molecule has 1 aromatic heterocycles. The predicted octanol–water partition coefficient (Wildman–Crippen LogP) is 1.69. The molecule has 0 aliphatic carbocycles. The van der Waals surface area contributed by atoms with Crippen LogP contribution in [0.1, 0.15) is 28.7 Å². The van der Waals surface area contributed by atoms with E-state index in [-0.39, 0.29) is 10.7 Å². The van der Waals surface area contributed by atoms with E-state index in [9.17, 15) is 13.2 Å². The number of carbonyl (C=O) groups excluding carboxylic acids is 1. The number of piperazine rings is 1. The van der Waals surface area contributed by atoms with Crippen molar-refractivity contribution in [2.75, 3.05) is 26.2 Å². The molecule has 2 aromatic rings. The van der Waals surface area contributed by atoms with Crippen molar-refractivity contribution >= 4 is 15.8 Å². The molecule has 0 saturated carbocycles. The van der Waals surface area contributed by atoms with Gasteiger partial charge in [-0.1, -0.05) is 17.3 Å². The Bertz CT molecular complexity index is 868. The zero-order valence-corrected chi connectivity index (χ0v) is 15.1. The third-order valence-corrected chi connectivity index (χ3v) is 6.16. The van der Waals surface area contributed by atoms with Crippen molar-refractivity contribution in [3.63, 3.8) is 0 Å². The van der Waals surface area contributed by atoms with E-state index in [4.69, 9.17) is 4.52 Å². The number of hydrogen-bond acceptors (Lipinski definition) is 6. The van der Waals surface area contributed by atoms with Gasteiger partial charge in [-0.3, -0.25) is 9.69 Å². The van der Waals surface area contributed by atoms with E-state index in [0.29, 0.717) is 38.3 Å². The molecule has 3 rings (SSSR count). The van der Waals surface area contributed by atoms with E-state index in [2.05, 4.69) is 10.1 Å². The zero-order valence-electron chi connectivity index (χ0n) is 14.3. The van der Waals surface area contributed by atoms with Crippen LogP contribution in [0.4, 0.5) is 0 Å². The Kier molecular flexibility index (Phi) is 5.03. The third kappa shape index (κ3) is 3.97. The number of carbonyl (C=O) groups is 1. The Balaban J connectivity index is 1.67. The summed E-state index contributed by atoms with van der Waals surface area (Å²) in [7, 11) is -3.59. The summed E-state index contributed by atoms with van der Waals surface area (Å²) in [6, 6.07) is 8.09. The predicted molar refractivity (Wildman–Crippen MR) is 91.7 cm³/mol. The molecule has 0 radical (unpaired) electrons. The lowest BCUT2D eigenvalue weighted by atomic mass is 10.2. The molecule has 0 N–H and O–H groups in total. The van der Waals surface area contributed by atoms with Crippen LogP contribution in [0.15, 0.2) is 39.8 Å². The first kappa shape index (κ1) is 17.8. The first-order chi connectivity index (χ1) is 11.9. The molecule has 8 heteroatoms. The highest BCUT2D eigenvalue weighted by molar-refractivity contribution is 7.89. The van der Waals surface area contributed by atoms with Crippen molar-refractivity contribution in [2.24, 2.45) is 0 Å². The van der Waals surface area contributed by atoms with Crippen LogP contribution < -0.4 is 0 Å². The van der Waals surface area contributed by atoms with Gasteiger partial charge >= 0.3 is 0 Å². The zero-order chi connectivity index (χ0) is 18.0. The standard InChI is InChI=1S/C17H21N3O4S/c1-13-10-16(24-18-13)12-19-6-8-20(9-7-19)25(22,23)17-5-3-4-15(11-17)14(2)21/h3-5,10-11H,6-9,12H2,1-2H3. The molecule has 1 aromatic carbocycles. The summed E-state index contributed by atoms with van der Waals surface area (Å²) in [6.07, 6.45) is 0. The fraction of sp³-hybridized carbons (Fsp3) is 0.412. The van der Waals surface area contributed by atoms with Gasteiger partial charge in [-0.2, -0.15) is 4.31 Å². The van der Waals surface area contributed by atoms with Gasteiger partial charge in [0.15, 0.2) is 11.5 Å². The summed E-state index contributed by atoms with van der Waals surface area (Å²) < 4.78 is 32.3. The van der Waals surface area contributed by atoms with Crippen molar-refractivity contribution in [3.05, 3.63) is 47.3 Å². The second-order valence-corrected chi connectivity index (χ2v) is 8.14. The first-order valence-corrected chi connectivity index (χ1v) is 9.56. The maximum absolute atomic E-state index is 12.8. The highest BCUT2D eigenvalue weighted by atomic mass is 32.2. The molecule has 0 amide bonds. The Morgan fingerprint density at radius 1 is 1.20 bits per heavy atom. The van der Waals surface area contributed by atoms with Gasteiger partial charge in [0, 0.05) is 37.8 Å². The van der Waals surface area contributed by atoms with E-state index in [0.717, 1.165) is 11.5 Å². The highest BCUT2D eigenvalue weighted by Gasteiger charge is 2.29. The molecule has 0 unspecified atom stereocenters. The van der Waals surface area contributed by atoms with Crippen LogP contribution in [0.25, 0.3) is 0 Å². The van der Waals surface area contributed by atoms with E-state index < -0.39 is 10.0 Å². The van der Waals surface area contributed by atoms with Gasteiger partial charge in [0.2, 0.25) is 10.0 Å². The van der Waals surface area contributed by atoms with Crippen molar-refractivity contribution in [3.8, 4) is 0 Å². The maximum atomic E-state index is 12.8. The summed E-state index contributed by atoms with van der Waals surface area (Å²) in [5.74, 6) is 0.632. The second kappa shape index (κ2) is 7.07. The molecule has 0 bridgehead atoms. The van der Waals surface area contributed by atoms with E-state index in [1.165, 1.54) is 23.4 Å². The van der Waals surface area contributed by atoms with Gasteiger partial charge in [-0.05, 0) is 26.0 Å².